The Morgan fingerprint density at radius 2 is 1.89 bits per heavy atom. The maximum absolute atomic E-state index is 12.5. The van der Waals surface area contributed by atoms with Crippen LogP contribution in [0, 0.1) is 0 Å². The summed E-state index contributed by atoms with van der Waals surface area (Å²) in [6.07, 6.45) is 1.86. The Bertz CT molecular complexity index is 760. The van der Waals surface area contributed by atoms with Crippen molar-refractivity contribution in [3.63, 3.8) is 0 Å². The number of anilines is 1. The number of carbonyl (C=O) groups is 1. The molecule has 1 N–H and O–H groups in total. The molecule has 0 saturated carbocycles. The van der Waals surface area contributed by atoms with Crippen LogP contribution in [0.3, 0.4) is 0 Å². The minimum absolute atomic E-state index is 0.138. The first-order valence-corrected chi connectivity index (χ1v) is 10.0. The average Bonchev–Trinajstić information content (AvgIpc) is 2.73. The van der Waals surface area contributed by atoms with E-state index in [1.54, 1.807) is 7.11 Å². The predicted molar refractivity (Wildman–Crippen MR) is 112 cm³/mol. The first-order chi connectivity index (χ1) is 13.7. The average molecular weight is 386 g/mol. The van der Waals surface area contributed by atoms with Crippen molar-refractivity contribution in [1.29, 1.82) is 0 Å². The van der Waals surface area contributed by atoms with Crippen LogP contribution in [-0.2, 0) is 22.6 Å². The molecule has 5 heteroatoms. The first-order valence-electron chi connectivity index (χ1n) is 10.0. The van der Waals surface area contributed by atoms with Crippen LogP contribution in [0.1, 0.15) is 44.7 Å². The van der Waals surface area contributed by atoms with E-state index in [4.69, 9.17) is 14.2 Å². The number of carbonyl (C=O) groups excluding carboxylic acids is 1. The van der Waals surface area contributed by atoms with Gasteiger partial charge in [-0.05, 0) is 54.7 Å². The molecule has 1 aliphatic rings. The van der Waals surface area contributed by atoms with E-state index in [1.165, 1.54) is 5.56 Å². The van der Waals surface area contributed by atoms with E-state index in [1.807, 2.05) is 57.2 Å². The molecule has 1 heterocycles. The van der Waals surface area contributed by atoms with Gasteiger partial charge in [-0.3, -0.25) is 4.79 Å². The minimum atomic E-state index is -0.466. The number of benzene rings is 2. The Labute approximate surface area is 168 Å². The molecule has 1 atom stereocenters. The molecule has 2 aromatic carbocycles. The molecule has 5 nitrogen and oxygen atoms in total. The molecule has 2 aromatic rings. The second-order valence-corrected chi connectivity index (χ2v) is 6.33. The molecular weight excluding hydrogens is 354 g/mol. The highest BCUT2D eigenvalue weighted by molar-refractivity contribution is 5.95. The zero-order valence-corrected chi connectivity index (χ0v) is 17.3. The van der Waals surface area contributed by atoms with Crippen LogP contribution in [0.25, 0.3) is 0 Å². The highest BCUT2D eigenvalue weighted by Crippen LogP contribution is 2.27. The van der Waals surface area contributed by atoms with Gasteiger partial charge in [-0.25, -0.2) is 0 Å². The SMILES string of the molecule is CC.CCC1OCCCc2cc(cc(OC)c2)COc2ccccc2NC1=O. The molecule has 3 rings (SSSR count). The maximum Gasteiger partial charge on any atom is 0.253 e. The molecule has 0 fully saturated rings. The molecule has 1 amide bonds. The third kappa shape index (κ3) is 5.99. The van der Waals surface area contributed by atoms with Gasteiger partial charge in [0.1, 0.15) is 24.2 Å². The van der Waals surface area contributed by atoms with Crippen LogP contribution in [0.15, 0.2) is 42.5 Å². The van der Waals surface area contributed by atoms with E-state index >= 15 is 0 Å². The molecule has 1 unspecified atom stereocenters. The van der Waals surface area contributed by atoms with Crippen molar-refractivity contribution in [2.75, 3.05) is 19.0 Å². The lowest BCUT2D eigenvalue weighted by molar-refractivity contribution is -0.127. The van der Waals surface area contributed by atoms with Crippen LogP contribution in [0.2, 0.25) is 0 Å². The van der Waals surface area contributed by atoms with E-state index in [9.17, 15) is 4.79 Å². The van der Waals surface area contributed by atoms with Gasteiger partial charge in [0.05, 0.1) is 12.8 Å². The summed E-state index contributed by atoms with van der Waals surface area (Å²) in [5.41, 5.74) is 2.86. The number of amides is 1. The Kier molecular flexibility index (Phi) is 8.82. The molecule has 2 bridgehead atoms. The summed E-state index contributed by atoms with van der Waals surface area (Å²) in [5.74, 6) is 1.32. The smallest absolute Gasteiger partial charge is 0.253 e. The number of ether oxygens (including phenoxy) is 3. The largest absolute Gasteiger partial charge is 0.497 e. The lowest BCUT2D eigenvalue weighted by Crippen LogP contribution is -2.30. The number of hydrogen-bond acceptors (Lipinski definition) is 4. The topological polar surface area (TPSA) is 56.8 Å². The molecule has 0 radical (unpaired) electrons. The quantitative estimate of drug-likeness (QED) is 0.792. The van der Waals surface area contributed by atoms with Crippen molar-refractivity contribution in [2.24, 2.45) is 0 Å². The van der Waals surface area contributed by atoms with Crippen LogP contribution in [-0.4, -0.2) is 25.7 Å². The summed E-state index contributed by atoms with van der Waals surface area (Å²) in [7, 11) is 1.67. The lowest BCUT2D eigenvalue weighted by atomic mass is 10.1. The molecule has 28 heavy (non-hydrogen) atoms. The van der Waals surface area contributed by atoms with E-state index in [2.05, 4.69) is 11.4 Å². The van der Waals surface area contributed by atoms with Gasteiger partial charge in [-0.15, -0.1) is 0 Å². The summed E-state index contributed by atoms with van der Waals surface area (Å²) in [4.78, 5) is 12.5. The summed E-state index contributed by atoms with van der Waals surface area (Å²) in [6, 6.07) is 13.6. The van der Waals surface area contributed by atoms with E-state index in [0.29, 0.717) is 31.1 Å². The fraction of sp³-hybridized carbons (Fsp3) is 0.435. The Hall–Kier alpha value is -2.53. The summed E-state index contributed by atoms with van der Waals surface area (Å²) >= 11 is 0. The summed E-state index contributed by atoms with van der Waals surface area (Å²) in [5, 5.41) is 2.93. The number of methoxy groups -OCH3 is 1. The van der Waals surface area contributed by atoms with Crippen molar-refractivity contribution in [3.05, 3.63) is 53.6 Å². The van der Waals surface area contributed by atoms with Crippen LogP contribution in [0.5, 0.6) is 11.5 Å². The fourth-order valence-electron chi connectivity index (χ4n) is 3.03. The summed E-state index contributed by atoms with van der Waals surface area (Å²) in [6.45, 7) is 6.89. The highest BCUT2D eigenvalue weighted by atomic mass is 16.5. The van der Waals surface area contributed by atoms with Crippen molar-refractivity contribution in [2.45, 2.75) is 52.7 Å². The molecule has 152 valence electrons. The molecular formula is C23H31NO4. The third-order valence-corrected chi connectivity index (χ3v) is 4.39. The number of rotatable bonds is 2. The number of fused-ring (bicyclic) bond motifs is 3. The number of aryl methyl sites for hydroxylation is 1. The van der Waals surface area contributed by atoms with Gasteiger partial charge in [-0.2, -0.15) is 0 Å². The Balaban J connectivity index is 0.00000136. The second-order valence-electron chi connectivity index (χ2n) is 6.33. The van der Waals surface area contributed by atoms with Gasteiger partial charge in [0, 0.05) is 6.61 Å². The zero-order valence-electron chi connectivity index (χ0n) is 17.3. The number of nitrogens with one attached hydrogen (secondary N) is 1. The van der Waals surface area contributed by atoms with Gasteiger partial charge in [0.25, 0.3) is 5.91 Å². The maximum atomic E-state index is 12.5. The van der Waals surface area contributed by atoms with Crippen molar-refractivity contribution < 1.29 is 19.0 Å². The Morgan fingerprint density at radius 3 is 2.64 bits per heavy atom. The first kappa shape index (κ1) is 21.8. The van der Waals surface area contributed by atoms with E-state index in [-0.39, 0.29) is 5.91 Å². The highest BCUT2D eigenvalue weighted by Gasteiger charge is 2.19. The molecule has 0 saturated heterocycles. The lowest BCUT2D eigenvalue weighted by Gasteiger charge is -2.19. The van der Waals surface area contributed by atoms with Gasteiger partial charge in [0.2, 0.25) is 0 Å². The van der Waals surface area contributed by atoms with Gasteiger partial charge in [-0.1, -0.05) is 39.0 Å². The number of hydrogen-bond donors (Lipinski definition) is 1. The van der Waals surface area contributed by atoms with Crippen LogP contribution < -0.4 is 14.8 Å². The van der Waals surface area contributed by atoms with Gasteiger partial charge in [0.15, 0.2) is 0 Å². The number of para-hydroxylation sites is 2. The van der Waals surface area contributed by atoms with Crippen LogP contribution in [0.4, 0.5) is 5.69 Å². The normalized spacial score (nSPS) is 17.0. The van der Waals surface area contributed by atoms with Crippen molar-refractivity contribution in [3.8, 4) is 11.5 Å². The second kappa shape index (κ2) is 11.3. The molecule has 0 spiro atoms. The predicted octanol–water partition coefficient (Wildman–Crippen LogP) is 4.98. The third-order valence-electron chi connectivity index (χ3n) is 4.39. The minimum Gasteiger partial charge on any atom is -0.497 e. The molecule has 0 aromatic heterocycles. The van der Waals surface area contributed by atoms with E-state index in [0.717, 1.165) is 24.2 Å². The molecule has 1 aliphatic heterocycles. The van der Waals surface area contributed by atoms with Crippen LogP contribution >= 0.6 is 0 Å². The van der Waals surface area contributed by atoms with Crippen molar-refractivity contribution >= 4 is 11.6 Å². The standard InChI is InChI=1S/C21H25NO4.C2H6/c1-3-19-21(23)22-18-8-4-5-9-20(18)26-14-16-11-15(7-6-10-25-19)12-17(13-16)24-2;1-2/h4-5,8-9,11-13,19H,3,6-7,10,14H2,1-2H3,(H,22,23);1-2H3. The monoisotopic (exact) mass is 385 g/mol. The van der Waals surface area contributed by atoms with Gasteiger partial charge < -0.3 is 19.5 Å². The summed E-state index contributed by atoms with van der Waals surface area (Å²) < 4.78 is 17.2. The van der Waals surface area contributed by atoms with Crippen molar-refractivity contribution in [1.82, 2.24) is 0 Å². The van der Waals surface area contributed by atoms with Gasteiger partial charge >= 0.3 is 0 Å². The Morgan fingerprint density at radius 1 is 1.14 bits per heavy atom. The van der Waals surface area contributed by atoms with E-state index < -0.39 is 6.10 Å². The zero-order chi connectivity index (χ0) is 20.4. The fourth-order valence-corrected chi connectivity index (χ4v) is 3.03. The molecule has 0 aliphatic carbocycles.